The van der Waals surface area contributed by atoms with Crippen LogP contribution in [-0.4, -0.2) is 48.9 Å². The van der Waals surface area contributed by atoms with E-state index in [0.29, 0.717) is 22.9 Å². The third-order valence-corrected chi connectivity index (χ3v) is 4.07. The highest BCUT2D eigenvalue weighted by atomic mass is 35.5. The maximum atomic E-state index is 12.1. The number of nitrogens with zero attached hydrogens (tertiary/aromatic N) is 2. The smallest absolute Gasteiger partial charge is 0.222 e. The van der Waals surface area contributed by atoms with Gasteiger partial charge in [0, 0.05) is 42.6 Å². The van der Waals surface area contributed by atoms with Gasteiger partial charge in [0.15, 0.2) is 0 Å². The number of likely N-dealkylation sites (N-methyl/N-ethyl adjacent to an activating group) is 1. The minimum absolute atomic E-state index is 0.208. The van der Waals surface area contributed by atoms with Gasteiger partial charge in [0.1, 0.15) is 0 Å². The molecule has 0 N–H and O–H groups in total. The predicted octanol–water partition coefficient (Wildman–Crippen LogP) is 2.70. The van der Waals surface area contributed by atoms with Crippen LogP contribution < -0.4 is 0 Å². The van der Waals surface area contributed by atoms with Crippen molar-refractivity contribution in [2.45, 2.75) is 12.8 Å². The lowest BCUT2D eigenvalue weighted by Gasteiger charge is -2.32. The Morgan fingerprint density at radius 3 is 2.53 bits per heavy atom. The van der Waals surface area contributed by atoms with Crippen LogP contribution in [0.5, 0.6) is 0 Å². The molecule has 1 aliphatic heterocycles. The fourth-order valence-corrected chi connectivity index (χ4v) is 2.68. The van der Waals surface area contributed by atoms with Crippen molar-refractivity contribution < 1.29 is 4.79 Å². The third-order valence-electron chi connectivity index (χ3n) is 3.48. The number of hydrogen-bond donors (Lipinski definition) is 0. The summed E-state index contributed by atoms with van der Waals surface area (Å²) < 4.78 is 0. The van der Waals surface area contributed by atoms with Gasteiger partial charge < -0.3 is 9.80 Å². The van der Waals surface area contributed by atoms with Crippen molar-refractivity contribution in [3.05, 3.63) is 33.8 Å². The third kappa shape index (κ3) is 4.10. The Morgan fingerprint density at radius 2 is 1.89 bits per heavy atom. The number of carbonyl (C=O) groups is 1. The first kappa shape index (κ1) is 14.6. The Kier molecular flexibility index (Phi) is 5.08. The second-order valence-corrected chi connectivity index (χ2v) is 5.76. The molecule has 0 unspecified atom stereocenters. The van der Waals surface area contributed by atoms with Gasteiger partial charge in [-0.15, -0.1) is 0 Å². The highest BCUT2D eigenvalue weighted by molar-refractivity contribution is 6.35. The van der Waals surface area contributed by atoms with Crippen LogP contribution >= 0.6 is 23.2 Å². The Balaban J connectivity index is 1.86. The summed E-state index contributed by atoms with van der Waals surface area (Å²) in [6, 6.07) is 5.42. The van der Waals surface area contributed by atoms with Crippen molar-refractivity contribution in [1.82, 2.24) is 9.80 Å². The molecule has 0 aromatic heterocycles. The zero-order valence-corrected chi connectivity index (χ0v) is 12.5. The number of piperazine rings is 1. The number of hydrogen-bond acceptors (Lipinski definition) is 2. The molecule has 1 heterocycles. The summed E-state index contributed by atoms with van der Waals surface area (Å²) in [6.45, 7) is 3.55. The molecule has 1 saturated heterocycles. The number of halogens is 2. The number of carbonyl (C=O) groups excluding carboxylic acids is 1. The van der Waals surface area contributed by atoms with Crippen LogP contribution in [0.1, 0.15) is 12.0 Å². The molecule has 19 heavy (non-hydrogen) atoms. The van der Waals surface area contributed by atoms with Gasteiger partial charge in [0.05, 0.1) is 0 Å². The fourth-order valence-electron chi connectivity index (χ4n) is 2.18. The summed E-state index contributed by atoms with van der Waals surface area (Å²) in [6.07, 6.45) is 1.17. The summed E-state index contributed by atoms with van der Waals surface area (Å²) >= 11 is 12.0. The molecule has 1 aromatic carbocycles. The van der Waals surface area contributed by atoms with E-state index in [2.05, 4.69) is 11.9 Å². The standard InChI is InChI=1S/C14H18Cl2N2O/c1-17-6-8-18(9-7-17)14(19)5-3-11-2-4-12(15)10-13(11)16/h2,4,10H,3,5-9H2,1H3. The molecule has 0 spiro atoms. The first-order valence-corrected chi connectivity index (χ1v) is 7.22. The fraction of sp³-hybridized carbons (Fsp3) is 0.500. The van der Waals surface area contributed by atoms with Crippen molar-refractivity contribution >= 4 is 29.1 Å². The van der Waals surface area contributed by atoms with Crippen LogP contribution in [0.15, 0.2) is 18.2 Å². The van der Waals surface area contributed by atoms with Crippen LogP contribution in [0.3, 0.4) is 0 Å². The van der Waals surface area contributed by atoms with Crippen LogP contribution in [0, 0.1) is 0 Å². The van der Waals surface area contributed by atoms with E-state index in [9.17, 15) is 4.79 Å². The molecule has 1 aliphatic rings. The van der Waals surface area contributed by atoms with Gasteiger partial charge >= 0.3 is 0 Å². The van der Waals surface area contributed by atoms with Crippen molar-refractivity contribution in [1.29, 1.82) is 0 Å². The number of rotatable bonds is 3. The van der Waals surface area contributed by atoms with E-state index >= 15 is 0 Å². The zero-order valence-electron chi connectivity index (χ0n) is 11.0. The van der Waals surface area contributed by atoms with E-state index in [1.165, 1.54) is 0 Å². The molecule has 5 heteroatoms. The summed E-state index contributed by atoms with van der Waals surface area (Å²) in [5.74, 6) is 0.208. The normalized spacial score (nSPS) is 16.7. The lowest BCUT2D eigenvalue weighted by Crippen LogP contribution is -2.47. The molecule has 0 aliphatic carbocycles. The second-order valence-electron chi connectivity index (χ2n) is 4.92. The van der Waals surface area contributed by atoms with Gasteiger partial charge in [-0.05, 0) is 31.2 Å². The Bertz CT molecular complexity index is 457. The molecule has 0 radical (unpaired) electrons. The minimum atomic E-state index is 0.208. The monoisotopic (exact) mass is 300 g/mol. The lowest BCUT2D eigenvalue weighted by atomic mass is 10.1. The highest BCUT2D eigenvalue weighted by Crippen LogP contribution is 2.22. The van der Waals surface area contributed by atoms with E-state index in [4.69, 9.17) is 23.2 Å². The van der Waals surface area contributed by atoms with Crippen LogP contribution in [-0.2, 0) is 11.2 Å². The highest BCUT2D eigenvalue weighted by Gasteiger charge is 2.18. The van der Waals surface area contributed by atoms with Crippen molar-refractivity contribution in [3.63, 3.8) is 0 Å². The Hall–Kier alpha value is -0.770. The molecule has 3 nitrogen and oxygen atoms in total. The Labute approximate surface area is 124 Å². The van der Waals surface area contributed by atoms with Gasteiger partial charge in [-0.1, -0.05) is 29.3 Å². The van der Waals surface area contributed by atoms with E-state index in [0.717, 1.165) is 31.7 Å². The van der Waals surface area contributed by atoms with Crippen molar-refractivity contribution in [2.24, 2.45) is 0 Å². The molecular formula is C14H18Cl2N2O. The molecule has 2 rings (SSSR count). The molecule has 0 saturated carbocycles. The maximum Gasteiger partial charge on any atom is 0.222 e. The number of aryl methyl sites for hydroxylation is 1. The average Bonchev–Trinajstić information content (AvgIpc) is 2.38. The first-order chi connectivity index (χ1) is 9.06. The van der Waals surface area contributed by atoms with Crippen LogP contribution in [0.25, 0.3) is 0 Å². The van der Waals surface area contributed by atoms with Crippen LogP contribution in [0.2, 0.25) is 10.0 Å². The molecule has 104 valence electrons. The quantitative estimate of drug-likeness (QED) is 0.857. The molecule has 1 aromatic rings. The molecule has 1 fully saturated rings. The summed E-state index contributed by atoms with van der Waals surface area (Å²) in [4.78, 5) is 16.3. The molecule has 0 atom stereocenters. The molecule has 0 bridgehead atoms. The second kappa shape index (κ2) is 6.60. The Morgan fingerprint density at radius 1 is 1.21 bits per heavy atom. The van der Waals surface area contributed by atoms with Gasteiger partial charge in [-0.25, -0.2) is 0 Å². The van der Waals surface area contributed by atoms with E-state index in [1.54, 1.807) is 6.07 Å². The van der Waals surface area contributed by atoms with Gasteiger partial charge in [-0.3, -0.25) is 4.79 Å². The zero-order chi connectivity index (χ0) is 13.8. The van der Waals surface area contributed by atoms with E-state index in [1.807, 2.05) is 17.0 Å². The van der Waals surface area contributed by atoms with Gasteiger partial charge in [0.2, 0.25) is 5.91 Å². The van der Waals surface area contributed by atoms with E-state index < -0.39 is 0 Å². The molecular weight excluding hydrogens is 283 g/mol. The number of amides is 1. The first-order valence-electron chi connectivity index (χ1n) is 6.46. The summed E-state index contributed by atoms with van der Waals surface area (Å²) in [5.41, 5.74) is 0.980. The average molecular weight is 301 g/mol. The SMILES string of the molecule is CN1CCN(C(=O)CCc2ccc(Cl)cc2Cl)CC1. The summed E-state index contributed by atoms with van der Waals surface area (Å²) in [5, 5.41) is 1.26. The summed E-state index contributed by atoms with van der Waals surface area (Å²) in [7, 11) is 2.08. The largest absolute Gasteiger partial charge is 0.340 e. The number of benzene rings is 1. The van der Waals surface area contributed by atoms with Gasteiger partial charge in [0.25, 0.3) is 0 Å². The predicted molar refractivity (Wildman–Crippen MR) is 78.9 cm³/mol. The van der Waals surface area contributed by atoms with E-state index in [-0.39, 0.29) is 5.91 Å². The van der Waals surface area contributed by atoms with Crippen LogP contribution in [0.4, 0.5) is 0 Å². The lowest BCUT2D eigenvalue weighted by molar-refractivity contribution is -0.132. The minimum Gasteiger partial charge on any atom is -0.340 e. The molecule has 1 amide bonds. The van der Waals surface area contributed by atoms with Crippen molar-refractivity contribution in [2.75, 3.05) is 33.2 Å². The van der Waals surface area contributed by atoms with Gasteiger partial charge in [-0.2, -0.15) is 0 Å². The van der Waals surface area contributed by atoms with Crippen molar-refractivity contribution in [3.8, 4) is 0 Å². The maximum absolute atomic E-state index is 12.1. The topological polar surface area (TPSA) is 23.6 Å².